The molecule has 1 N–H and O–H groups in total. The number of hydrogen-bond acceptors (Lipinski definition) is 4. The van der Waals surface area contributed by atoms with E-state index < -0.39 is 23.5 Å². The van der Waals surface area contributed by atoms with E-state index in [1.165, 1.54) is 0 Å². The van der Waals surface area contributed by atoms with Gasteiger partial charge in [0.25, 0.3) is 0 Å². The Morgan fingerprint density at radius 2 is 2.14 bits per heavy atom. The molecule has 0 unspecified atom stereocenters. The summed E-state index contributed by atoms with van der Waals surface area (Å²) in [5.41, 5.74) is -0.602. The summed E-state index contributed by atoms with van der Waals surface area (Å²) in [5, 5.41) is 10.1. The largest absolute Gasteiger partial charge is 0.393 e. The molecule has 5 nitrogen and oxygen atoms in total. The highest BCUT2D eigenvalue weighted by Crippen LogP contribution is 2.52. The lowest BCUT2D eigenvalue weighted by Crippen LogP contribution is -2.43. The molecule has 0 spiro atoms. The van der Waals surface area contributed by atoms with E-state index in [-0.39, 0.29) is 18.4 Å². The van der Waals surface area contributed by atoms with Crippen LogP contribution in [-0.4, -0.2) is 35.2 Å². The van der Waals surface area contributed by atoms with Crippen molar-refractivity contribution in [1.29, 1.82) is 0 Å². The first-order valence-electron chi connectivity index (χ1n) is 6.69. The van der Waals surface area contributed by atoms with Crippen LogP contribution in [0.3, 0.4) is 0 Å². The van der Waals surface area contributed by atoms with Crippen LogP contribution in [-0.2, 0) is 14.3 Å². The number of carbonyl (C=O) groups excluding carboxylic acids is 2. The van der Waals surface area contributed by atoms with Crippen LogP contribution in [0.15, 0.2) is 36.4 Å². The molecule has 3 heterocycles. The molecule has 4 atom stereocenters. The summed E-state index contributed by atoms with van der Waals surface area (Å²) in [6.45, 7) is -0.316. The molecule has 108 valence electrons. The normalized spacial score (nSPS) is 36.7. The summed E-state index contributed by atoms with van der Waals surface area (Å²) in [6, 6.07) is 6.63. The molecule has 0 aliphatic carbocycles. The molecular formula is C15H12ClNO4. The van der Waals surface area contributed by atoms with Crippen LogP contribution < -0.4 is 4.90 Å². The maximum absolute atomic E-state index is 12.7. The number of imide groups is 1. The molecule has 2 bridgehead atoms. The Kier molecular flexibility index (Phi) is 2.58. The fourth-order valence-electron chi connectivity index (χ4n) is 3.55. The Morgan fingerprint density at radius 3 is 2.86 bits per heavy atom. The van der Waals surface area contributed by atoms with Gasteiger partial charge in [0.15, 0.2) is 0 Å². The fraction of sp³-hybridized carbons (Fsp3) is 0.333. The van der Waals surface area contributed by atoms with E-state index in [4.69, 9.17) is 16.3 Å². The van der Waals surface area contributed by atoms with Crippen molar-refractivity contribution in [3.63, 3.8) is 0 Å². The maximum Gasteiger partial charge on any atom is 0.241 e. The van der Waals surface area contributed by atoms with Gasteiger partial charge in [-0.25, -0.2) is 4.90 Å². The molecule has 6 heteroatoms. The van der Waals surface area contributed by atoms with Crippen molar-refractivity contribution in [1.82, 2.24) is 0 Å². The average Bonchev–Trinajstić information content (AvgIpc) is 3.10. The van der Waals surface area contributed by atoms with Crippen molar-refractivity contribution in [3.05, 3.63) is 41.4 Å². The fourth-order valence-corrected chi connectivity index (χ4v) is 3.74. The number of rotatable bonds is 2. The second-order valence-electron chi connectivity index (χ2n) is 5.55. The minimum atomic E-state index is -1.06. The Labute approximate surface area is 125 Å². The van der Waals surface area contributed by atoms with E-state index in [1.807, 2.05) is 0 Å². The topological polar surface area (TPSA) is 66.8 Å². The minimum Gasteiger partial charge on any atom is -0.393 e. The minimum absolute atomic E-state index is 0.294. The molecule has 1 aromatic carbocycles. The van der Waals surface area contributed by atoms with E-state index in [1.54, 1.807) is 36.4 Å². The standard InChI is InChI=1S/C15H12ClNO4/c16-8-2-1-3-9(6-8)17-13(19)11-10-4-5-15(7-18,21-10)12(11)14(17)20/h1-6,10-12,18H,7H2/t10-,11-,12+,15-/m1/s1. The quantitative estimate of drug-likeness (QED) is 0.657. The third-order valence-corrected chi connectivity index (χ3v) is 4.70. The van der Waals surface area contributed by atoms with Crippen LogP contribution in [0.25, 0.3) is 0 Å². The van der Waals surface area contributed by atoms with Crippen molar-refractivity contribution < 1.29 is 19.4 Å². The van der Waals surface area contributed by atoms with Crippen LogP contribution in [0.4, 0.5) is 5.69 Å². The van der Waals surface area contributed by atoms with Crippen LogP contribution in [0, 0.1) is 11.8 Å². The lowest BCUT2D eigenvalue weighted by molar-refractivity contribution is -0.128. The highest BCUT2D eigenvalue weighted by Gasteiger charge is 2.67. The Hall–Kier alpha value is -1.69. The average molecular weight is 306 g/mol. The number of ether oxygens (including phenoxy) is 1. The zero-order valence-corrected chi connectivity index (χ0v) is 11.7. The number of nitrogens with zero attached hydrogens (tertiary/aromatic N) is 1. The van der Waals surface area contributed by atoms with Gasteiger partial charge in [0.2, 0.25) is 11.8 Å². The molecule has 3 aliphatic rings. The summed E-state index contributed by atoms with van der Waals surface area (Å²) in [7, 11) is 0. The number of benzene rings is 1. The van der Waals surface area contributed by atoms with Crippen LogP contribution in [0.2, 0.25) is 5.02 Å². The van der Waals surface area contributed by atoms with Gasteiger partial charge in [0.05, 0.1) is 30.2 Å². The summed E-state index contributed by atoms with van der Waals surface area (Å²) in [5.74, 6) is -1.86. The van der Waals surface area contributed by atoms with Crippen LogP contribution in [0.1, 0.15) is 0 Å². The van der Waals surface area contributed by atoms with Crippen LogP contribution >= 0.6 is 11.6 Å². The van der Waals surface area contributed by atoms with Gasteiger partial charge in [0, 0.05) is 5.02 Å². The predicted molar refractivity (Wildman–Crippen MR) is 74.8 cm³/mol. The number of aliphatic hydroxyl groups excluding tert-OH is 1. The number of aliphatic hydroxyl groups is 1. The van der Waals surface area contributed by atoms with Gasteiger partial charge in [0.1, 0.15) is 5.60 Å². The Balaban J connectivity index is 1.79. The van der Waals surface area contributed by atoms with Crippen molar-refractivity contribution in [2.45, 2.75) is 11.7 Å². The number of anilines is 1. The first kappa shape index (κ1) is 13.0. The lowest BCUT2D eigenvalue weighted by Gasteiger charge is -2.26. The van der Waals surface area contributed by atoms with Gasteiger partial charge in [-0.05, 0) is 18.2 Å². The SMILES string of the molecule is O=C1[C@H]2[C@@H](C(=O)N1c1cccc(Cl)c1)[C@]1(CO)C=C[C@H]2O1. The predicted octanol–water partition coefficient (Wildman–Crippen LogP) is 1.15. The van der Waals surface area contributed by atoms with Gasteiger partial charge < -0.3 is 9.84 Å². The van der Waals surface area contributed by atoms with Crippen molar-refractivity contribution >= 4 is 29.1 Å². The molecule has 0 radical (unpaired) electrons. The van der Waals surface area contributed by atoms with E-state index >= 15 is 0 Å². The van der Waals surface area contributed by atoms with Gasteiger partial charge in [-0.1, -0.05) is 29.8 Å². The molecule has 2 saturated heterocycles. The Morgan fingerprint density at radius 1 is 1.33 bits per heavy atom. The van der Waals surface area contributed by atoms with Gasteiger partial charge in [-0.3, -0.25) is 9.59 Å². The van der Waals surface area contributed by atoms with E-state index in [9.17, 15) is 14.7 Å². The summed E-state index contributed by atoms with van der Waals surface area (Å²) >= 11 is 5.94. The first-order valence-corrected chi connectivity index (χ1v) is 7.07. The van der Waals surface area contributed by atoms with Gasteiger partial charge in [-0.2, -0.15) is 0 Å². The molecule has 3 aliphatic heterocycles. The molecular weight excluding hydrogens is 294 g/mol. The monoisotopic (exact) mass is 305 g/mol. The zero-order chi connectivity index (χ0) is 14.8. The molecule has 2 amide bonds. The van der Waals surface area contributed by atoms with Gasteiger partial charge >= 0.3 is 0 Å². The van der Waals surface area contributed by atoms with E-state index in [0.29, 0.717) is 10.7 Å². The van der Waals surface area contributed by atoms with Crippen molar-refractivity contribution in [2.75, 3.05) is 11.5 Å². The molecule has 1 aromatic rings. The van der Waals surface area contributed by atoms with Gasteiger partial charge in [-0.15, -0.1) is 0 Å². The third-order valence-electron chi connectivity index (χ3n) is 4.47. The highest BCUT2D eigenvalue weighted by atomic mass is 35.5. The van der Waals surface area contributed by atoms with Crippen LogP contribution in [0.5, 0.6) is 0 Å². The third kappa shape index (κ3) is 1.54. The first-order chi connectivity index (χ1) is 10.1. The number of hydrogen-bond donors (Lipinski definition) is 1. The number of fused-ring (bicyclic) bond motifs is 5. The summed E-state index contributed by atoms with van der Waals surface area (Å²) < 4.78 is 5.67. The summed E-state index contributed by atoms with van der Waals surface area (Å²) in [4.78, 5) is 26.5. The second kappa shape index (κ2) is 4.16. The van der Waals surface area contributed by atoms with Crippen molar-refractivity contribution in [3.8, 4) is 0 Å². The Bertz CT molecular complexity index is 688. The number of halogens is 1. The molecule has 21 heavy (non-hydrogen) atoms. The smallest absolute Gasteiger partial charge is 0.241 e. The lowest BCUT2D eigenvalue weighted by atomic mass is 9.77. The molecule has 4 rings (SSSR count). The maximum atomic E-state index is 12.7. The summed E-state index contributed by atoms with van der Waals surface area (Å²) in [6.07, 6.45) is 3.01. The zero-order valence-electron chi connectivity index (χ0n) is 10.9. The van der Waals surface area contributed by atoms with Crippen molar-refractivity contribution in [2.24, 2.45) is 11.8 Å². The van der Waals surface area contributed by atoms with E-state index in [0.717, 1.165) is 4.90 Å². The number of carbonyl (C=O) groups is 2. The number of amides is 2. The van der Waals surface area contributed by atoms with E-state index in [2.05, 4.69) is 0 Å². The molecule has 2 fully saturated rings. The molecule has 0 saturated carbocycles. The highest BCUT2D eigenvalue weighted by molar-refractivity contribution is 6.31. The molecule has 0 aromatic heterocycles. The second-order valence-corrected chi connectivity index (χ2v) is 5.99.